The molecule has 2 heterocycles. The van der Waals surface area contributed by atoms with E-state index >= 15 is 0 Å². The van der Waals surface area contributed by atoms with Gasteiger partial charge < -0.3 is 4.98 Å². The van der Waals surface area contributed by atoms with E-state index in [0.29, 0.717) is 16.8 Å². The number of amides is 1. The number of aromatic amines is 2. The van der Waals surface area contributed by atoms with Crippen molar-refractivity contribution >= 4 is 23.0 Å². The van der Waals surface area contributed by atoms with Crippen molar-refractivity contribution in [1.29, 1.82) is 0 Å². The summed E-state index contributed by atoms with van der Waals surface area (Å²) >= 11 is 0. The van der Waals surface area contributed by atoms with Gasteiger partial charge in [-0.3, -0.25) is 9.59 Å². The Kier molecular flexibility index (Phi) is 5.35. The summed E-state index contributed by atoms with van der Waals surface area (Å²) in [5, 5.41) is 11.8. The summed E-state index contributed by atoms with van der Waals surface area (Å²) in [6.45, 7) is 0. The zero-order valence-electron chi connectivity index (χ0n) is 17.4. The number of H-pyrrole nitrogens is 2. The summed E-state index contributed by atoms with van der Waals surface area (Å²) in [4.78, 5) is 29.1. The van der Waals surface area contributed by atoms with E-state index < -0.39 is 11.5 Å². The van der Waals surface area contributed by atoms with Crippen LogP contribution in [0.4, 0.5) is 0 Å². The second-order valence-corrected chi connectivity index (χ2v) is 7.37. The summed E-state index contributed by atoms with van der Waals surface area (Å²) in [6.07, 6.45) is 3.36. The van der Waals surface area contributed by atoms with Crippen LogP contribution in [0.5, 0.6) is 0 Å². The molecule has 0 aliphatic heterocycles. The van der Waals surface area contributed by atoms with Crippen LogP contribution in [-0.2, 0) is 0 Å². The minimum absolute atomic E-state index is 0.0499. The minimum atomic E-state index is -0.620. The Bertz CT molecular complexity index is 1520. The normalized spacial score (nSPS) is 11.2. The highest BCUT2D eigenvalue weighted by Gasteiger charge is 2.22. The quantitative estimate of drug-likeness (QED) is 0.284. The van der Waals surface area contributed by atoms with Crippen molar-refractivity contribution in [3.8, 4) is 22.4 Å². The summed E-state index contributed by atoms with van der Waals surface area (Å²) in [6, 6.07) is 26.4. The average molecular weight is 433 g/mol. The van der Waals surface area contributed by atoms with Gasteiger partial charge in [-0.05, 0) is 11.6 Å². The smallest absolute Gasteiger partial charge is 0.277 e. The molecule has 0 bridgehead atoms. The molecule has 7 nitrogen and oxygen atoms in total. The average Bonchev–Trinajstić information content (AvgIpc) is 3.28. The van der Waals surface area contributed by atoms with Gasteiger partial charge in [0.15, 0.2) is 0 Å². The van der Waals surface area contributed by atoms with E-state index in [1.54, 1.807) is 6.21 Å². The van der Waals surface area contributed by atoms with Crippen molar-refractivity contribution in [3.63, 3.8) is 0 Å². The Labute approximate surface area is 188 Å². The number of hydrogen-bond donors (Lipinski definition) is 3. The van der Waals surface area contributed by atoms with E-state index in [9.17, 15) is 9.59 Å². The SMILES string of the molecule is O=C(N/N=C/c1c[nH]c2ccccc12)c1c(-c2ccccc2)c(-c2ccccc2)n[nH]c1=O. The standard InChI is InChI=1S/C26H19N5O2/c32-25(30-28-16-19-15-27-21-14-8-7-13-20(19)21)23-22(17-9-3-1-4-10-17)24(29-31-26(23)33)18-11-5-2-6-12-18/h1-16,27H,(H,30,32)(H,31,33)/b28-16+. The highest BCUT2D eigenvalue weighted by molar-refractivity contribution is 6.04. The number of aromatic nitrogens is 3. The molecule has 0 unspecified atom stereocenters. The van der Waals surface area contributed by atoms with Gasteiger partial charge in [0.25, 0.3) is 11.5 Å². The number of hydrogen-bond acceptors (Lipinski definition) is 4. The minimum Gasteiger partial charge on any atom is -0.361 e. The Morgan fingerprint density at radius 1 is 0.879 bits per heavy atom. The molecule has 0 atom stereocenters. The summed E-state index contributed by atoms with van der Waals surface area (Å²) in [7, 11) is 0. The zero-order valence-corrected chi connectivity index (χ0v) is 17.4. The van der Waals surface area contributed by atoms with Crippen molar-refractivity contribution in [3.05, 3.63) is 113 Å². The lowest BCUT2D eigenvalue weighted by atomic mass is 9.95. The fraction of sp³-hybridized carbons (Fsp3) is 0. The van der Waals surface area contributed by atoms with Crippen LogP contribution in [0.1, 0.15) is 15.9 Å². The number of nitrogens with one attached hydrogen (secondary N) is 3. The number of carbonyl (C=O) groups is 1. The largest absolute Gasteiger partial charge is 0.361 e. The topological polar surface area (TPSA) is 103 Å². The third-order valence-electron chi connectivity index (χ3n) is 5.31. The molecule has 33 heavy (non-hydrogen) atoms. The van der Waals surface area contributed by atoms with Crippen LogP contribution in [0.15, 0.2) is 101 Å². The molecular weight excluding hydrogens is 414 g/mol. The van der Waals surface area contributed by atoms with Gasteiger partial charge >= 0.3 is 0 Å². The van der Waals surface area contributed by atoms with Gasteiger partial charge in [0.05, 0.1) is 11.9 Å². The first kappa shape index (κ1) is 20.1. The first-order valence-electron chi connectivity index (χ1n) is 10.4. The summed E-state index contributed by atoms with van der Waals surface area (Å²) in [5.74, 6) is -0.620. The van der Waals surface area contributed by atoms with Crippen LogP contribution in [0.25, 0.3) is 33.3 Å². The van der Waals surface area contributed by atoms with Crippen LogP contribution in [0, 0.1) is 0 Å². The van der Waals surface area contributed by atoms with Gasteiger partial charge in [0.1, 0.15) is 5.56 Å². The predicted octanol–water partition coefficient (Wildman–Crippen LogP) is 4.35. The molecule has 160 valence electrons. The van der Waals surface area contributed by atoms with E-state index in [1.165, 1.54) is 0 Å². The van der Waals surface area contributed by atoms with E-state index in [1.807, 2.05) is 91.1 Å². The molecule has 2 aromatic heterocycles. The molecule has 0 radical (unpaired) electrons. The molecule has 0 saturated carbocycles. The van der Waals surface area contributed by atoms with Crippen molar-refractivity contribution in [2.75, 3.05) is 0 Å². The molecule has 0 saturated heterocycles. The van der Waals surface area contributed by atoms with Gasteiger partial charge in [-0.2, -0.15) is 10.2 Å². The van der Waals surface area contributed by atoms with Gasteiger partial charge in [-0.25, -0.2) is 10.5 Å². The number of carbonyl (C=O) groups excluding carboxylic acids is 1. The maximum absolute atomic E-state index is 13.2. The number of benzene rings is 3. The van der Waals surface area contributed by atoms with Crippen molar-refractivity contribution in [1.82, 2.24) is 20.6 Å². The maximum atomic E-state index is 13.2. The lowest BCUT2D eigenvalue weighted by Crippen LogP contribution is -2.28. The lowest BCUT2D eigenvalue weighted by molar-refractivity contribution is 0.0954. The Balaban J connectivity index is 1.55. The first-order chi connectivity index (χ1) is 16.2. The van der Waals surface area contributed by atoms with Crippen LogP contribution in [0.2, 0.25) is 0 Å². The highest BCUT2D eigenvalue weighted by Crippen LogP contribution is 2.31. The van der Waals surface area contributed by atoms with E-state index in [4.69, 9.17) is 0 Å². The second kappa shape index (κ2) is 8.76. The van der Waals surface area contributed by atoms with Crippen LogP contribution in [0.3, 0.4) is 0 Å². The summed E-state index contributed by atoms with van der Waals surface area (Å²) in [5.41, 5.74) is 6.10. The van der Waals surface area contributed by atoms with E-state index in [0.717, 1.165) is 22.0 Å². The highest BCUT2D eigenvalue weighted by atomic mass is 16.2. The molecule has 0 fully saturated rings. The van der Waals surface area contributed by atoms with Gasteiger partial charge in [0, 0.05) is 33.8 Å². The van der Waals surface area contributed by atoms with Crippen molar-refractivity contribution in [2.45, 2.75) is 0 Å². The molecule has 0 aliphatic rings. The monoisotopic (exact) mass is 433 g/mol. The molecule has 0 aliphatic carbocycles. The second-order valence-electron chi connectivity index (χ2n) is 7.37. The van der Waals surface area contributed by atoms with Gasteiger partial charge in [-0.15, -0.1) is 0 Å². The molecule has 5 aromatic rings. The Morgan fingerprint density at radius 2 is 1.55 bits per heavy atom. The van der Waals surface area contributed by atoms with E-state index in [-0.39, 0.29) is 5.56 Å². The zero-order chi connectivity index (χ0) is 22.6. The lowest BCUT2D eigenvalue weighted by Gasteiger charge is -2.12. The molecule has 7 heteroatoms. The Morgan fingerprint density at radius 3 is 2.30 bits per heavy atom. The number of para-hydroxylation sites is 1. The number of nitrogens with zero attached hydrogens (tertiary/aromatic N) is 2. The molecule has 1 amide bonds. The molecular formula is C26H19N5O2. The molecule has 0 spiro atoms. The van der Waals surface area contributed by atoms with Crippen molar-refractivity contribution < 1.29 is 4.79 Å². The number of rotatable bonds is 5. The number of hydrazone groups is 1. The Hall–Kier alpha value is -4.78. The molecule has 3 N–H and O–H groups in total. The third-order valence-corrected chi connectivity index (χ3v) is 5.31. The maximum Gasteiger partial charge on any atom is 0.277 e. The fourth-order valence-electron chi connectivity index (χ4n) is 3.77. The third kappa shape index (κ3) is 3.95. The molecule has 5 rings (SSSR count). The number of fused-ring (bicyclic) bond motifs is 1. The van der Waals surface area contributed by atoms with Crippen LogP contribution >= 0.6 is 0 Å². The van der Waals surface area contributed by atoms with Crippen LogP contribution < -0.4 is 11.0 Å². The predicted molar refractivity (Wildman–Crippen MR) is 129 cm³/mol. The molecule has 3 aromatic carbocycles. The first-order valence-corrected chi connectivity index (χ1v) is 10.4. The van der Waals surface area contributed by atoms with Gasteiger partial charge in [0.2, 0.25) is 0 Å². The van der Waals surface area contributed by atoms with E-state index in [2.05, 4.69) is 25.7 Å². The van der Waals surface area contributed by atoms with Crippen LogP contribution in [-0.4, -0.2) is 27.3 Å². The summed E-state index contributed by atoms with van der Waals surface area (Å²) < 4.78 is 0. The van der Waals surface area contributed by atoms with Crippen molar-refractivity contribution in [2.24, 2.45) is 5.10 Å². The van der Waals surface area contributed by atoms with Gasteiger partial charge in [-0.1, -0.05) is 78.9 Å². The fourth-order valence-corrected chi connectivity index (χ4v) is 3.77.